The minimum atomic E-state index is -0.612. The van der Waals surface area contributed by atoms with E-state index in [4.69, 9.17) is 9.15 Å². The second-order valence-corrected chi connectivity index (χ2v) is 5.91. The number of amides is 1. The number of carbonyl (C=O) groups excluding carboxylic acids is 1. The highest BCUT2D eigenvalue weighted by Crippen LogP contribution is 2.29. The van der Waals surface area contributed by atoms with Crippen LogP contribution in [0.15, 0.2) is 40.8 Å². The first-order valence-electron chi connectivity index (χ1n) is 8.14. The third-order valence-corrected chi connectivity index (χ3v) is 3.92. The van der Waals surface area contributed by atoms with Crippen molar-refractivity contribution < 1.29 is 18.9 Å². The molecule has 0 aliphatic heterocycles. The molecule has 9 heteroatoms. The molecule has 1 heterocycles. The summed E-state index contributed by atoms with van der Waals surface area (Å²) >= 11 is 0. The lowest BCUT2D eigenvalue weighted by Crippen LogP contribution is -2.32. The predicted molar refractivity (Wildman–Crippen MR) is 100 cm³/mol. The van der Waals surface area contributed by atoms with Crippen LogP contribution in [0.5, 0.6) is 5.75 Å². The lowest BCUT2D eigenvalue weighted by atomic mass is 10.2. The fourth-order valence-electron chi connectivity index (χ4n) is 2.60. The monoisotopic (exact) mass is 370 g/mol. The van der Waals surface area contributed by atoms with E-state index < -0.39 is 11.0 Å². The number of aryl methyl sites for hydroxylation is 1. The lowest BCUT2D eigenvalue weighted by molar-refractivity contribution is -0.384. The molecule has 2 N–H and O–H groups in total. The fourth-order valence-corrected chi connectivity index (χ4v) is 2.60. The molecule has 9 nitrogen and oxygen atoms in total. The Morgan fingerprint density at radius 2 is 2.07 bits per heavy atom. The first-order valence-corrected chi connectivity index (χ1v) is 8.14. The summed E-state index contributed by atoms with van der Waals surface area (Å²) in [6.45, 7) is 3.44. The van der Waals surface area contributed by atoms with Crippen molar-refractivity contribution in [2.75, 3.05) is 17.7 Å². The van der Waals surface area contributed by atoms with Crippen LogP contribution in [0.1, 0.15) is 12.8 Å². The molecule has 0 bridgehead atoms. The molecule has 27 heavy (non-hydrogen) atoms. The molecular formula is C18H18N4O5. The van der Waals surface area contributed by atoms with Gasteiger partial charge in [-0.15, -0.1) is 0 Å². The second-order valence-electron chi connectivity index (χ2n) is 5.91. The number of ether oxygens (including phenoxy) is 1. The number of hydrogen-bond donors (Lipinski definition) is 2. The number of benzene rings is 2. The Morgan fingerprint density at radius 3 is 2.78 bits per heavy atom. The maximum absolute atomic E-state index is 12.5. The normalized spacial score (nSPS) is 11.8. The number of anilines is 2. The highest BCUT2D eigenvalue weighted by Gasteiger charge is 2.18. The number of hydrogen-bond acceptors (Lipinski definition) is 7. The summed E-state index contributed by atoms with van der Waals surface area (Å²) in [5.41, 5.74) is 2.14. The molecule has 0 fully saturated rings. The highest BCUT2D eigenvalue weighted by molar-refractivity contribution is 5.98. The quantitative estimate of drug-likeness (QED) is 0.503. The van der Waals surface area contributed by atoms with E-state index >= 15 is 0 Å². The number of nitro benzene ring substituents is 1. The number of aromatic nitrogens is 1. The molecule has 1 unspecified atom stereocenters. The zero-order valence-electron chi connectivity index (χ0n) is 15.0. The summed E-state index contributed by atoms with van der Waals surface area (Å²) in [4.78, 5) is 27.2. The van der Waals surface area contributed by atoms with Gasteiger partial charge in [-0.1, -0.05) is 0 Å². The van der Waals surface area contributed by atoms with E-state index in [1.54, 1.807) is 32.0 Å². The number of fused-ring (bicyclic) bond motifs is 1. The minimum Gasteiger partial charge on any atom is -0.495 e. The molecule has 1 aromatic heterocycles. The Hall–Kier alpha value is -3.62. The van der Waals surface area contributed by atoms with E-state index in [1.165, 1.54) is 25.3 Å². The molecule has 0 radical (unpaired) electrons. The third kappa shape index (κ3) is 3.97. The van der Waals surface area contributed by atoms with Crippen molar-refractivity contribution >= 4 is 34.1 Å². The number of nitrogens with one attached hydrogen (secondary N) is 2. The van der Waals surface area contributed by atoms with Gasteiger partial charge in [0, 0.05) is 24.7 Å². The SMILES string of the molecule is COc1ccc([N+](=O)[O-])cc1NC(=O)C(C)Nc1ccc2oc(C)nc2c1. The van der Waals surface area contributed by atoms with Gasteiger partial charge in [-0.3, -0.25) is 14.9 Å². The van der Waals surface area contributed by atoms with Crippen LogP contribution in [0.3, 0.4) is 0 Å². The molecule has 0 aliphatic carbocycles. The molecule has 1 amide bonds. The zero-order chi connectivity index (χ0) is 19.6. The lowest BCUT2D eigenvalue weighted by Gasteiger charge is -2.16. The van der Waals surface area contributed by atoms with Gasteiger partial charge in [-0.05, 0) is 31.2 Å². The third-order valence-electron chi connectivity index (χ3n) is 3.92. The zero-order valence-corrected chi connectivity index (χ0v) is 15.0. The van der Waals surface area contributed by atoms with Gasteiger partial charge in [0.05, 0.1) is 17.7 Å². The van der Waals surface area contributed by atoms with Crippen LogP contribution in [0.25, 0.3) is 11.1 Å². The van der Waals surface area contributed by atoms with Crippen molar-refractivity contribution in [1.29, 1.82) is 0 Å². The van der Waals surface area contributed by atoms with Gasteiger partial charge in [0.15, 0.2) is 11.5 Å². The van der Waals surface area contributed by atoms with Gasteiger partial charge in [0.2, 0.25) is 5.91 Å². The van der Waals surface area contributed by atoms with E-state index in [0.717, 1.165) is 0 Å². The molecule has 2 aromatic carbocycles. The average molecular weight is 370 g/mol. The molecule has 0 saturated heterocycles. The van der Waals surface area contributed by atoms with E-state index in [1.807, 2.05) is 0 Å². The Labute approximate surface area is 154 Å². The molecule has 0 saturated carbocycles. The van der Waals surface area contributed by atoms with Crippen LogP contribution in [0.4, 0.5) is 17.1 Å². The Bertz CT molecular complexity index is 1010. The Morgan fingerprint density at radius 1 is 1.30 bits per heavy atom. The largest absolute Gasteiger partial charge is 0.495 e. The molecule has 3 aromatic rings. The van der Waals surface area contributed by atoms with Gasteiger partial charge < -0.3 is 19.8 Å². The van der Waals surface area contributed by atoms with Gasteiger partial charge in [0.1, 0.15) is 17.3 Å². The van der Waals surface area contributed by atoms with Crippen molar-refractivity contribution in [1.82, 2.24) is 4.98 Å². The Kier molecular flexibility index (Phi) is 4.93. The number of nitro groups is 1. The number of methoxy groups -OCH3 is 1. The maximum atomic E-state index is 12.5. The van der Waals surface area contributed by atoms with Gasteiger partial charge in [0.25, 0.3) is 5.69 Å². The first kappa shape index (κ1) is 18.2. The number of nitrogens with zero attached hydrogens (tertiary/aromatic N) is 2. The molecule has 140 valence electrons. The molecule has 3 rings (SSSR count). The van der Waals surface area contributed by atoms with E-state index in [0.29, 0.717) is 28.4 Å². The topological polar surface area (TPSA) is 120 Å². The Balaban J connectivity index is 1.75. The van der Waals surface area contributed by atoms with Gasteiger partial charge in [-0.25, -0.2) is 4.98 Å². The fraction of sp³-hybridized carbons (Fsp3) is 0.222. The van der Waals surface area contributed by atoms with Crippen LogP contribution >= 0.6 is 0 Å². The minimum absolute atomic E-state index is 0.140. The van der Waals surface area contributed by atoms with Gasteiger partial charge >= 0.3 is 0 Å². The van der Waals surface area contributed by atoms with Crippen molar-refractivity contribution in [2.45, 2.75) is 19.9 Å². The van der Waals surface area contributed by atoms with Crippen molar-refractivity contribution in [3.63, 3.8) is 0 Å². The molecular weight excluding hydrogens is 352 g/mol. The number of oxazole rings is 1. The molecule has 0 aliphatic rings. The summed E-state index contributed by atoms with van der Waals surface area (Å²) < 4.78 is 10.6. The average Bonchev–Trinajstić information content (AvgIpc) is 3.00. The number of non-ortho nitro benzene ring substituents is 1. The van der Waals surface area contributed by atoms with Gasteiger partial charge in [-0.2, -0.15) is 0 Å². The van der Waals surface area contributed by atoms with Crippen molar-refractivity contribution in [3.05, 3.63) is 52.4 Å². The summed E-state index contributed by atoms with van der Waals surface area (Å²) in [5.74, 6) is 0.525. The van der Waals surface area contributed by atoms with Crippen LogP contribution < -0.4 is 15.4 Å². The van der Waals surface area contributed by atoms with Crippen molar-refractivity contribution in [3.8, 4) is 5.75 Å². The summed E-state index contributed by atoms with van der Waals surface area (Å²) in [6.07, 6.45) is 0. The predicted octanol–water partition coefficient (Wildman–Crippen LogP) is 3.49. The van der Waals surface area contributed by atoms with E-state index in [9.17, 15) is 14.9 Å². The number of rotatable bonds is 6. The summed E-state index contributed by atoms with van der Waals surface area (Å²) in [7, 11) is 1.42. The summed E-state index contributed by atoms with van der Waals surface area (Å²) in [5, 5.41) is 16.7. The number of carbonyl (C=O) groups is 1. The standard InChI is InChI=1S/C18H18N4O5/c1-10(19-12-4-6-17-14(8-12)20-11(2)27-17)18(23)21-15-9-13(22(24)25)5-7-16(15)26-3/h4-10,19H,1-3H3,(H,21,23). The smallest absolute Gasteiger partial charge is 0.271 e. The van der Waals surface area contributed by atoms with Crippen LogP contribution in [-0.2, 0) is 4.79 Å². The van der Waals surface area contributed by atoms with E-state index in [-0.39, 0.29) is 17.3 Å². The first-order chi connectivity index (χ1) is 12.9. The van der Waals surface area contributed by atoms with E-state index in [2.05, 4.69) is 15.6 Å². The van der Waals surface area contributed by atoms with Crippen LogP contribution in [-0.4, -0.2) is 29.0 Å². The molecule has 0 spiro atoms. The summed E-state index contributed by atoms with van der Waals surface area (Å²) in [6, 6.07) is 8.73. The van der Waals surface area contributed by atoms with Crippen LogP contribution in [0.2, 0.25) is 0 Å². The van der Waals surface area contributed by atoms with Crippen LogP contribution in [0, 0.1) is 17.0 Å². The highest BCUT2D eigenvalue weighted by atomic mass is 16.6. The molecule has 1 atom stereocenters. The second kappa shape index (κ2) is 7.32. The maximum Gasteiger partial charge on any atom is 0.271 e. The van der Waals surface area contributed by atoms with Crippen molar-refractivity contribution in [2.24, 2.45) is 0 Å².